The van der Waals surface area contributed by atoms with Crippen LogP contribution in [0.2, 0.25) is 0 Å². The molecule has 1 heterocycles. The number of ether oxygens (including phenoxy) is 1. The van der Waals surface area contributed by atoms with E-state index in [9.17, 15) is 17.9 Å². The number of nitrogens with one attached hydrogen (secondary N) is 3. The lowest BCUT2D eigenvalue weighted by Gasteiger charge is -2.15. The lowest BCUT2D eigenvalue weighted by molar-refractivity contribution is 0.172. The van der Waals surface area contributed by atoms with Gasteiger partial charge in [-0.3, -0.25) is 9.82 Å². The molecule has 4 rings (SSSR count). The normalized spacial score (nSPS) is 12.5. The molecule has 1 aromatic heterocycles. The molecule has 8 nitrogen and oxygen atoms in total. The Morgan fingerprint density at radius 3 is 2.74 bits per heavy atom. The molecule has 4 aromatic rings. The fraction of sp³-hybridized carbons (Fsp3) is 0.240. The Morgan fingerprint density at radius 2 is 1.94 bits per heavy atom. The molecule has 0 spiro atoms. The molecule has 0 fully saturated rings. The first-order chi connectivity index (χ1) is 16.9. The fourth-order valence-electron chi connectivity index (χ4n) is 3.69. The van der Waals surface area contributed by atoms with E-state index < -0.39 is 26.8 Å². The van der Waals surface area contributed by atoms with Gasteiger partial charge < -0.3 is 15.2 Å². The van der Waals surface area contributed by atoms with Gasteiger partial charge in [0.25, 0.3) is 10.0 Å². The zero-order chi connectivity index (χ0) is 24.8. The molecular weight excluding hydrogens is 471 g/mol. The van der Waals surface area contributed by atoms with Crippen molar-refractivity contribution in [3.63, 3.8) is 0 Å². The smallest absolute Gasteiger partial charge is 0.264 e. The topological polar surface area (TPSA) is 116 Å². The minimum absolute atomic E-state index is 0.230. The Morgan fingerprint density at radius 1 is 1.11 bits per heavy atom. The van der Waals surface area contributed by atoms with Gasteiger partial charge >= 0.3 is 0 Å². The van der Waals surface area contributed by atoms with Gasteiger partial charge in [0.2, 0.25) is 0 Å². The molecule has 0 amide bonds. The van der Waals surface area contributed by atoms with E-state index in [2.05, 4.69) is 27.2 Å². The maximum atomic E-state index is 13.9. The summed E-state index contributed by atoms with van der Waals surface area (Å²) in [6.07, 6.45) is -0.0194. The maximum Gasteiger partial charge on any atom is 0.264 e. The standard InChI is InChI=1S/C25H27FN4O4S/c1-2-22-20-11-10-19(15-23(20)29-28-22)34-13-12-27-16-24(31)17-6-5-7-18(14-17)30-35(32,33)25-9-4-3-8-21(25)26/h3-11,14-15,24,27,30-31H,2,12-13,16H2,1H3,(H,28,29)/t24-/m0/s1. The van der Waals surface area contributed by atoms with Crippen LogP contribution in [-0.2, 0) is 16.4 Å². The summed E-state index contributed by atoms with van der Waals surface area (Å²) in [5, 5.41) is 22.0. The molecule has 0 saturated carbocycles. The van der Waals surface area contributed by atoms with Crippen LogP contribution in [0.25, 0.3) is 10.9 Å². The third-order valence-electron chi connectivity index (χ3n) is 5.48. The van der Waals surface area contributed by atoms with Crippen molar-refractivity contribution in [2.75, 3.05) is 24.4 Å². The Balaban J connectivity index is 1.27. The van der Waals surface area contributed by atoms with E-state index in [1.165, 1.54) is 30.3 Å². The fourth-order valence-corrected chi connectivity index (χ4v) is 4.82. The van der Waals surface area contributed by atoms with Crippen LogP contribution in [0.1, 0.15) is 24.3 Å². The van der Waals surface area contributed by atoms with Gasteiger partial charge in [-0.05, 0) is 48.4 Å². The second-order valence-corrected chi connectivity index (χ2v) is 9.61. The molecule has 0 aliphatic rings. The Labute approximate surface area is 203 Å². The number of halogens is 1. The first-order valence-corrected chi connectivity index (χ1v) is 12.7. The van der Waals surface area contributed by atoms with Gasteiger partial charge in [0.05, 0.1) is 17.3 Å². The average Bonchev–Trinajstić information content (AvgIpc) is 3.26. The molecule has 0 bridgehead atoms. The van der Waals surface area contributed by atoms with Gasteiger partial charge in [-0.25, -0.2) is 12.8 Å². The molecular formula is C25H27FN4O4S. The number of aliphatic hydroxyl groups is 1. The molecule has 184 valence electrons. The second kappa shape index (κ2) is 10.9. The van der Waals surface area contributed by atoms with Crippen LogP contribution in [0.3, 0.4) is 0 Å². The summed E-state index contributed by atoms with van der Waals surface area (Å²) >= 11 is 0. The van der Waals surface area contributed by atoms with Crippen LogP contribution in [0.15, 0.2) is 71.6 Å². The first-order valence-electron chi connectivity index (χ1n) is 11.2. The third kappa shape index (κ3) is 5.97. The van der Waals surface area contributed by atoms with Crippen LogP contribution in [-0.4, -0.2) is 43.4 Å². The number of hydrogen-bond acceptors (Lipinski definition) is 6. The monoisotopic (exact) mass is 498 g/mol. The van der Waals surface area contributed by atoms with Gasteiger partial charge in [0.1, 0.15) is 23.1 Å². The lowest BCUT2D eigenvalue weighted by atomic mass is 10.1. The van der Waals surface area contributed by atoms with E-state index in [4.69, 9.17) is 4.74 Å². The Hall–Kier alpha value is -3.47. The summed E-state index contributed by atoms with van der Waals surface area (Å²) in [5.74, 6) is -0.112. The average molecular weight is 499 g/mol. The summed E-state index contributed by atoms with van der Waals surface area (Å²) in [6, 6.07) is 17.3. The van der Waals surface area contributed by atoms with Crippen molar-refractivity contribution in [3.05, 3.63) is 83.8 Å². The van der Waals surface area contributed by atoms with Crippen LogP contribution < -0.4 is 14.8 Å². The summed E-state index contributed by atoms with van der Waals surface area (Å²) in [7, 11) is -4.10. The number of hydrogen-bond donors (Lipinski definition) is 4. The van der Waals surface area contributed by atoms with Crippen molar-refractivity contribution in [2.24, 2.45) is 0 Å². The molecule has 0 aliphatic heterocycles. The number of aromatic nitrogens is 2. The minimum Gasteiger partial charge on any atom is -0.492 e. The van der Waals surface area contributed by atoms with Crippen molar-refractivity contribution in [1.82, 2.24) is 15.5 Å². The molecule has 0 unspecified atom stereocenters. The number of anilines is 1. The molecule has 1 atom stereocenters. The zero-order valence-corrected chi connectivity index (χ0v) is 20.0. The Bertz CT molecular complexity index is 1410. The van der Waals surface area contributed by atoms with Crippen molar-refractivity contribution in [3.8, 4) is 5.75 Å². The van der Waals surface area contributed by atoms with E-state index in [0.717, 1.165) is 34.8 Å². The van der Waals surface area contributed by atoms with Crippen LogP contribution in [0.5, 0.6) is 5.75 Å². The van der Waals surface area contributed by atoms with Gasteiger partial charge in [-0.1, -0.05) is 31.2 Å². The molecule has 35 heavy (non-hydrogen) atoms. The highest BCUT2D eigenvalue weighted by atomic mass is 32.2. The van der Waals surface area contributed by atoms with Gasteiger partial charge in [0, 0.05) is 30.2 Å². The van der Waals surface area contributed by atoms with Crippen molar-refractivity contribution < 1.29 is 22.7 Å². The molecule has 0 aliphatic carbocycles. The number of nitrogens with zero attached hydrogens (tertiary/aromatic N) is 1. The molecule has 4 N–H and O–H groups in total. The van der Waals surface area contributed by atoms with Crippen LogP contribution in [0.4, 0.5) is 10.1 Å². The summed E-state index contributed by atoms with van der Waals surface area (Å²) in [5.41, 5.74) is 2.69. The van der Waals surface area contributed by atoms with Crippen LogP contribution in [0, 0.1) is 5.82 Å². The zero-order valence-electron chi connectivity index (χ0n) is 19.2. The quantitative estimate of drug-likeness (QED) is 0.234. The summed E-state index contributed by atoms with van der Waals surface area (Å²) in [4.78, 5) is -0.440. The second-order valence-electron chi connectivity index (χ2n) is 7.96. The third-order valence-corrected chi connectivity index (χ3v) is 6.90. The Kier molecular flexibility index (Phi) is 7.64. The van der Waals surface area contributed by atoms with Crippen molar-refractivity contribution >= 4 is 26.6 Å². The van der Waals surface area contributed by atoms with Gasteiger partial charge in [-0.15, -0.1) is 0 Å². The van der Waals surface area contributed by atoms with E-state index in [0.29, 0.717) is 18.7 Å². The first kappa shape index (κ1) is 24.6. The lowest BCUT2D eigenvalue weighted by Crippen LogP contribution is -2.26. The minimum atomic E-state index is -4.10. The number of rotatable bonds is 11. The molecule has 0 saturated heterocycles. The van der Waals surface area contributed by atoms with E-state index in [-0.39, 0.29) is 12.2 Å². The molecule has 0 radical (unpaired) electrons. The highest BCUT2D eigenvalue weighted by molar-refractivity contribution is 7.92. The summed E-state index contributed by atoms with van der Waals surface area (Å²) < 4.78 is 47.1. The largest absolute Gasteiger partial charge is 0.492 e. The number of H-pyrrole nitrogens is 1. The van der Waals surface area contributed by atoms with Gasteiger partial charge in [-0.2, -0.15) is 5.10 Å². The van der Waals surface area contributed by atoms with Crippen LogP contribution >= 0.6 is 0 Å². The highest BCUT2D eigenvalue weighted by Crippen LogP contribution is 2.23. The predicted molar refractivity (Wildman–Crippen MR) is 132 cm³/mol. The van der Waals surface area contributed by atoms with Gasteiger partial charge in [0.15, 0.2) is 0 Å². The van der Waals surface area contributed by atoms with Crippen molar-refractivity contribution in [1.29, 1.82) is 0 Å². The molecule has 10 heteroatoms. The number of aryl methyl sites for hydroxylation is 1. The number of aliphatic hydroxyl groups excluding tert-OH is 1. The number of sulfonamides is 1. The van der Waals surface area contributed by atoms with E-state index in [1.54, 1.807) is 12.1 Å². The van der Waals surface area contributed by atoms with Crippen molar-refractivity contribution in [2.45, 2.75) is 24.3 Å². The molecule has 3 aromatic carbocycles. The highest BCUT2D eigenvalue weighted by Gasteiger charge is 2.19. The van der Waals surface area contributed by atoms with E-state index >= 15 is 0 Å². The predicted octanol–water partition coefficient (Wildman–Crippen LogP) is 3.77. The maximum absolute atomic E-state index is 13.9. The number of aromatic amines is 1. The number of benzene rings is 3. The SMILES string of the molecule is CCc1n[nH]c2cc(OCCNC[C@H](O)c3cccc(NS(=O)(=O)c4ccccc4F)c3)ccc12. The van der Waals surface area contributed by atoms with E-state index in [1.807, 2.05) is 18.2 Å². The summed E-state index contributed by atoms with van der Waals surface area (Å²) in [6.45, 7) is 3.19. The number of fused-ring (bicyclic) bond motifs is 1.